The minimum atomic E-state index is -3.88. The summed E-state index contributed by atoms with van der Waals surface area (Å²) < 4.78 is 39.5. The summed E-state index contributed by atoms with van der Waals surface area (Å²) in [6.07, 6.45) is 1.25. The van der Waals surface area contributed by atoms with Crippen molar-refractivity contribution >= 4 is 10.0 Å². The predicted octanol–water partition coefficient (Wildman–Crippen LogP) is 2.18. The van der Waals surface area contributed by atoms with Crippen molar-refractivity contribution < 1.29 is 12.8 Å². The second-order valence-electron chi connectivity index (χ2n) is 5.41. The summed E-state index contributed by atoms with van der Waals surface area (Å²) in [5.74, 6) is -0.715. The maximum Gasteiger partial charge on any atom is 0.261 e. The van der Waals surface area contributed by atoms with Gasteiger partial charge in [-0.2, -0.15) is 0 Å². The molecule has 0 spiro atoms. The number of nitrogens with one attached hydrogen (secondary N) is 1. The maximum absolute atomic E-state index is 13.4. The van der Waals surface area contributed by atoms with Gasteiger partial charge in [-0.1, -0.05) is 27.7 Å². The van der Waals surface area contributed by atoms with Gasteiger partial charge in [-0.3, -0.25) is 0 Å². The number of pyridine rings is 1. The Balaban J connectivity index is 2.82. The van der Waals surface area contributed by atoms with Crippen molar-refractivity contribution in [3.05, 3.63) is 24.1 Å². The molecule has 0 bridgehead atoms. The highest BCUT2D eigenvalue weighted by Gasteiger charge is 2.25. The van der Waals surface area contributed by atoms with Gasteiger partial charge in [0.05, 0.1) is 0 Å². The number of sulfonamides is 1. The average molecular weight is 274 g/mol. The second-order valence-corrected chi connectivity index (χ2v) is 7.09. The Bertz CT molecular complexity index is 509. The lowest BCUT2D eigenvalue weighted by Crippen LogP contribution is -2.34. The lowest BCUT2D eigenvalue weighted by Gasteiger charge is -2.27. The van der Waals surface area contributed by atoms with Crippen molar-refractivity contribution in [2.45, 2.75) is 32.7 Å². The molecular weight excluding hydrogens is 255 g/mol. The largest absolute Gasteiger partial charge is 0.261 e. The number of hydrogen-bond donors (Lipinski definition) is 1. The van der Waals surface area contributed by atoms with E-state index in [1.54, 1.807) is 0 Å². The van der Waals surface area contributed by atoms with Crippen LogP contribution in [0.1, 0.15) is 27.7 Å². The molecule has 4 nitrogen and oxygen atoms in total. The number of aromatic nitrogens is 1. The molecule has 1 atom stereocenters. The molecule has 6 heteroatoms. The molecule has 0 saturated heterocycles. The first kappa shape index (κ1) is 15.0. The van der Waals surface area contributed by atoms with Gasteiger partial charge in [-0.25, -0.2) is 22.5 Å². The Morgan fingerprint density at radius 1 is 1.44 bits per heavy atom. The molecule has 0 aliphatic carbocycles. The van der Waals surface area contributed by atoms with Gasteiger partial charge in [-0.05, 0) is 23.5 Å². The first-order valence-corrected chi connectivity index (χ1v) is 7.23. The summed E-state index contributed by atoms with van der Waals surface area (Å²) in [4.78, 5) is 3.56. The van der Waals surface area contributed by atoms with Crippen molar-refractivity contribution in [3.63, 3.8) is 0 Å². The van der Waals surface area contributed by atoms with Crippen molar-refractivity contribution in [3.8, 4) is 0 Å². The molecule has 0 amide bonds. The van der Waals surface area contributed by atoms with Crippen LogP contribution in [-0.2, 0) is 10.0 Å². The van der Waals surface area contributed by atoms with Crippen LogP contribution in [0.5, 0.6) is 0 Å². The van der Waals surface area contributed by atoms with Crippen LogP contribution >= 0.6 is 0 Å². The quantitative estimate of drug-likeness (QED) is 0.915. The van der Waals surface area contributed by atoms with Crippen LogP contribution in [0.15, 0.2) is 23.4 Å². The number of halogens is 1. The van der Waals surface area contributed by atoms with Crippen LogP contribution in [-0.4, -0.2) is 19.9 Å². The van der Waals surface area contributed by atoms with Crippen molar-refractivity contribution in [2.75, 3.05) is 6.54 Å². The summed E-state index contributed by atoms with van der Waals surface area (Å²) in [5.41, 5.74) is -0.0226. The molecule has 18 heavy (non-hydrogen) atoms. The zero-order chi connectivity index (χ0) is 14.0. The molecule has 1 unspecified atom stereocenters. The predicted molar refractivity (Wildman–Crippen MR) is 68.0 cm³/mol. The SMILES string of the molecule is CC(CNS(=O)(=O)c1ncccc1F)C(C)(C)C. The van der Waals surface area contributed by atoms with E-state index in [0.717, 1.165) is 6.07 Å². The van der Waals surface area contributed by atoms with Gasteiger partial charge < -0.3 is 0 Å². The lowest BCUT2D eigenvalue weighted by molar-refractivity contribution is 0.263. The van der Waals surface area contributed by atoms with Gasteiger partial charge >= 0.3 is 0 Å². The van der Waals surface area contributed by atoms with E-state index < -0.39 is 20.9 Å². The molecule has 0 saturated carbocycles. The summed E-state index contributed by atoms with van der Waals surface area (Å²) in [5, 5.41) is -0.550. The number of hydrogen-bond acceptors (Lipinski definition) is 3. The van der Waals surface area contributed by atoms with Crippen molar-refractivity contribution in [2.24, 2.45) is 11.3 Å². The third-order valence-corrected chi connectivity index (χ3v) is 4.39. The fraction of sp³-hybridized carbons (Fsp3) is 0.583. The highest BCUT2D eigenvalue weighted by molar-refractivity contribution is 7.89. The van der Waals surface area contributed by atoms with Gasteiger partial charge in [0.15, 0.2) is 5.82 Å². The number of nitrogens with zero attached hydrogens (tertiary/aromatic N) is 1. The first-order chi connectivity index (χ1) is 8.14. The minimum absolute atomic E-state index is 0.0226. The summed E-state index contributed by atoms with van der Waals surface area (Å²) >= 11 is 0. The third-order valence-electron chi connectivity index (χ3n) is 3.04. The van der Waals surface area contributed by atoms with Gasteiger partial charge in [0.25, 0.3) is 10.0 Å². The van der Waals surface area contributed by atoms with E-state index in [1.165, 1.54) is 12.3 Å². The van der Waals surface area contributed by atoms with Crippen LogP contribution < -0.4 is 4.72 Å². The Morgan fingerprint density at radius 3 is 2.56 bits per heavy atom. The van der Waals surface area contributed by atoms with E-state index >= 15 is 0 Å². The second kappa shape index (κ2) is 5.32. The molecule has 0 aliphatic heterocycles. The molecule has 1 N–H and O–H groups in total. The molecule has 0 fully saturated rings. The van der Waals surface area contributed by atoms with Crippen LogP contribution in [0.3, 0.4) is 0 Å². The van der Waals surface area contributed by atoms with Gasteiger partial charge in [0.2, 0.25) is 5.03 Å². The first-order valence-electron chi connectivity index (χ1n) is 5.75. The standard InChI is InChI=1S/C12H19FN2O2S/c1-9(12(2,3)4)8-15-18(16,17)11-10(13)6-5-7-14-11/h5-7,9,15H,8H2,1-4H3. The van der Waals surface area contributed by atoms with Crippen molar-refractivity contribution in [1.82, 2.24) is 9.71 Å². The topological polar surface area (TPSA) is 59.1 Å². The van der Waals surface area contributed by atoms with Gasteiger partial charge in [0, 0.05) is 12.7 Å². The van der Waals surface area contributed by atoms with Crippen LogP contribution in [0.4, 0.5) is 4.39 Å². The van der Waals surface area contributed by atoms with E-state index in [-0.39, 0.29) is 17.9 Å². The monoisotopic (exact) mass is 274 g/mol. The van der Waals surface area contributed by atoms with Gasteiger partial charge in [0.1, 0.15) is 0 Å². The molecule has 1 heterocycles. The third kappa shape index (κ3) is 3.74. The van der Waals surface area contributed by atoms with Gasteiger partial charge in [-0.15, -0.1) is 0 Å². The Morgan fingerprint density at radius 2 is 2.06 bits per heavy atom. The van der Waals surface area contributed by atoms with E-state index in [9.17, 15) is 12.8 Å². The van der Waals surface area contributed by atoms with Crippen LogP contribution in [0.2, 0.25) is 0 Å². The molecular formula is C12H19FN2O2S. The summed E-state index contributed by atoms with van der Waals surface area (Å²) in [7, 11) is -3.88. The Labute approximate surface area is 108 Å². The van der Waals surface area contributed by atoms with E-state index in [0.29, 0.717) is 0 Å². The zero-order valence-corrected chi connectivity index (χ0v) is 11.9. The molecule has 0 radical (unpaired) electrons. The maximum atomic E-state index is 13.4. The molecule has 1 aromatic heterocycles. The highest BCUT2D eigenvalue weighted by Crippen LogP contribution is 2.24. The normalized spacial score (nSPS) is 14.5. The fourth-order valence-corrected chi connectivity index (χ4v) is 2.31. The fourth-order valence-electron chi connectivity index (χ4n) is 1.18. The molecule has 0 aromatic carbocycles. The van der Waals surface area contributed by atoms with Crippen LogP contribution in [0, 0.1) is 17.2 Å². The molecule has 102 valence electrons. The van der Waals surface area contributed by atoms with E-state index in [1.807, 2.05) is 27.7 Å². The summed E-state index contributed by atoms with van der Waals surface area (Å²) in [6.45, 7) is 8.26. The number of rotatable bonds is 4. The van der Waals surface area contributed by atoms with E-state index in [4.69, 9.17) is 0 Å². The lowest BCUT2D eigenvalue weighted by atomic mass is 9.82. The van der Waals surface area contributed by atoms with Crippen LogP contribution in [0.25, 0.3) is 0 Å². The molecule has 1 rings (SSSR count). The smallest absolute Gasteiger partial charge is 0.241 e. The molecule has 0 aliphatic rings. The Hall–Kier alpha value is -1.01. The average Bonchev–Trinajstić information content (AvgIpc) is 2.25. The Kier molecular flexibility index (Phi) is 4.45. The zero-order valence-electron chi connectivity index (χ0n) is 11.1. The summed E-state index contributed by atoms with van der Waals surface area (Å²) in [6, 6.07) is 2.43. The minimum Gasteiger partial charge on any atom is -0.241 e. The van der Waals surface area contributed by atoms with Crippen molar-refractivity contribution in [1.29, 1.82) is 0 Å². The highest BCUT2D eigenvalue weighted by atomic mass is 32.2. The molecule has 1 aromatic rings. The van der Waals surface area contributed by atoms with E-state index in [2.05, 4.69) is 9.71 Å².